The molecule has 11 heteroatoms. The van der Waals surface area contributed by atoms with Crippen LogP contribution in [0.5, 0.6) is 0 Å². The Kier molecular flexibility index (Phi) is 4.34. The zero-order valence-electron chi connectivity index (χ0n) is 13.2. The molecule has 10 nitrogen and oxygen atoms in total. The van der Waals surface area contributed by atoms with Gasteiger partial charge in [-0.2, -0.15) is 10.5 Å². The van der Waals surface area contributed by atoms with Crippen molar-refractivity contribution in [2.75, 3.05) is 5.43 Å². The molecular weight excluding hydrogens is 360 g/mol. The van der Waals surface area contributed by atoms with E-state index in [2.05, 4.69) is 15.6 Å². The Hall–Kier alpha value is -2.51. The number of nitrogens with one attached hydrogen (secondary N) is 3. The van der Waals surface area contributed by atoms with Gasteiger partial charge in [-0.25, -0.2) is 15.1 Å². The zero-order chi connectivity index (χ0) is 18.3. The molecular formula is C15H14N6O4S. The van der Waals surface area contributed by atoms with Gasteiger partial charge < -0.3 is 15.8 Å². The number of hydrogen-bond donors (Lipinski definition) is 5. The van der Waals surface area contributed by atoms with Crippen LogP contribution in [0.25, 0.3) is 11.4 Å². The Morgan fingerprint density at radius 2 is 1.50 bits per heavy atom. The SMILES string of the molecule is [O-][NH+](O)c1ccc(-c2nnc3n2N[C@H](c2ccc([NH+]([O-])O)cc2)S3)cc1. The smallest absolute Gasteiger partial charge is 0.212 e. The van der Waals surface area contributed by atoms with Crippen LogP contribution in [0.3, 0.4) is 0 Å². The number of nitrogens with zero attached hydrogens (tertiary/aromatic N) is 3. The van der Waals surface area contributed by atoms with Crippen molar-refractivity contribution in [1.29, 1.82) is 0 Å². The molecule has 0 fully saturated rings. The summed E-state index contributed by atoms with van der Waals surface area (Å²) in [6.07, 6.45) is 0. The van der Waals surface area contributed by atoms with E-state index in [1.165, 1.54) is 23.9 Å². The molecule has 1 aliphatic rings. The molecule has 1 aliphatic heterocycles. The minimum atomic E-state index is -0.985. The standard InChI is InChI=1S/C15H14N6O4S/c22-20(23)11-5-1-9(2-6-11)13-16-17-15-19(13)18-14(26-15)10-3-7-12(8-4-10)21(24)25/h1-8,14,18,20-22,24H/t14-/m0/s1. The third-order valence-electron chi connectivity index (χ3n) is 3.95. The topological polar surface area (TPSA) is 138 Å². The van der Waals surface area contributed by atoms with Gasteiger partial charge >= 0.3 is 0 Å². The van der Waals surface area contributed by atoms with Crippen molar-refractivity contribution in [1.82, 2.24) is 14.9 Å². The van der Waals surface area contributed by atoms with Crippen LogP contribution in [0, 0.1) is 10.4 Å². The molecule has 0 bridgehead atoms. The molecule has 134 valence electrons. The van der Waals surface area contributed by atoms with E-state index in [9.17, 15) is 10.4 Å². The van der Waals surface area contributed by atoms with E-state index in [0.717, 1.165) is 11.1 Å². The number of hydrogen-bond acceptors (Lipinski definition) is 8. The molecule has 4 rings (SSSR count). The summed E-state index contributed by atoms with van der Waals surface area (Å²) in [7, 11) is 0. The van der Waals surface area contributed by atoms with Gasteiger partial charge in [-0.15, -0.1) is 10.2 Å². The van der Waals surface area contributed by atoms with Gasteiger partial charge in [0.05, 0.1) is 0 Å². The maximum Gasteiger partial charge on any atom is 0.212 e. The van der Waals surface area contributed by atoms with E-state index in [4.69, 9.17) is 10.4 Å². The fourth-order valence-electron chi connectivity index (χ4n) is 2.60. The van der Waals surface area contributed by atoms with Crippen molar-refractivity contribution in [2.24, 2.45) is 0 Å². The molecule has 0 saturated heterocycles. The van der Waals surface area contributed by atoms with E-state index in [0.29, 0.717) is 11.0 Å². The molecule has 2 aromatic carbocycles. The van der Waals surface area contributed by atoms with Crippen LogP contribution >= 0.6 is 11.8 Å². The van der Waals surface area contributed by atoms with Gasteiger partial charge in [0, 0.05) is 29.8 Å². The molecule has 0 radical (unpaired) electrons. The van der Waals surface area contributed by atoms with Gasteiger partial charge in [-0.05, 0) is 29.8 Å². The predicted molar refractivity (Wildman–Crippen MR) is 91.4 cm³/mol. The first-order chi connectivity index (χ1) is 12.5. The minimum Gasteiger partial charge on any atom is -0.595 e. The first kappa shape index (κ1) is 16.9. The molecule has 3 atom stereocenters. The maximum atomic E-state index is 11.0. The van der Waals surface area contributed by atoms with Crippen molar-refractivity contribution in [3.05, 3.63) is 64.5 Å². The first-order valence-corrected chi connectivity index (χ1v) is 8.46. The Labute approximate surface area is 151 Å². The Morgan fingerprint density at radius 1 is 0.923 bits per heavy atom. The molecule has 2 unspecified atom stereocenters. The van der Waals surface area contributed by atoms with Gasteiger partial charge in [-0.1, -0.05) is 11.8 Å². The highest BCUT2D eigenvalue weighted by Gasteiger charge is 2.28. The summed E-state index contributed by atoms with van der Waals surface area (Å²) < 4.78 is 1.75. The minimum absolute atomic E-state index is 0.125. The van der Waals surface area contributed by atoms with Crippen LogP contribution in [-0.4, -0.2) is 25.3 Å². The fraction of sp³-hybridized carbons (Fsp3) is 0.0667. The number of rotatable bonds is 4. The van der Waals surface area contributed by atoms with Gasteiger partial charge in [0.25, 0.3) is 0 Å². The number of benzene rings is 2. The van der Waals surface area contributed by atoms with Crippen LogP contribution in [0.15, 0.2) is 53.7 Å². The monoisotopic (exact) mass is 374 g/mol. The van der Waals surface area contributed by atoms with Crippen LogP contribution < -0.4 is 15.9 Å². The van der Waals surface area contributed by atoms with Crippen molar-refractivity contribution < 1.29 is 20.9 Å². The Bertz CT molecular complexity index is 913. The van der Waals surface area contributed by atoms with E-state index >= 15 is 0 Å². The number of fused-ring (bicyclic) bond motifs is 1. The lowest BCUT2D eigenvalue weighted by molar-refractivity contribution is -0.991. The molecule has 26 heavy (non-hydrogen) atoms. The van der Waals surface area contributed by atoms with Crippen LogP contribution in [-0.2, 0) is 0 Å². The summed E-state index contributed by atoms with van der Waals surface area (Å²) in [4.78, 5) is 0. The van der Waals surface area contributed by atoms with Crippen molar-refractivity contribution >= 4 is 23.1 Å². The van der Waals surface area contributed by atoms with Crippen LogP contribution in [0.2, 0.25) is 0 Å². The largest absolute Gasteiger partial charge is 0.595 e. The van der Waals surface area contributed by atoms with Gasteiger partial charge in [0.1, 0.15) is 5.37 Å². The summed E-state index contributed by atoms with van der Waals surface area (Å²) in [6, 6.07) is 13.0. The highest BCUT2D eigenvalue weighted by Crippen LogP contribution is 2.40. The summed E-state index contributed by atoms with van der Waals surface area (Å²) in [6.45, 7) is 0. The molecule has 2 heterocycles. The fourth-order valence-corrected chi connectivity index (χ4v) is 3.60. The van der Waals surface area contributed by atoms with Crippen LogP contribution in [0.1, 0.15) is 10.9 Å². The van der Waals surface area contributed by atoms with E-state index in [1.54, 1.807) is 41.1 Å². The Morgan fingerprint density at radius 3 is 2.08 bits per heavy atom. The summed E-state index contributed by atoms with van der Waals surface area (Å²) >= 11 is 1.46. The first-order valence-electron chi connectivity index (χ1n) is 7.58. The second-order valence-electron chi connectivity index (χ2n) is 5.58. The molecule has 1 aromatic heterocycles. The van der Waals surface area contributed by atoms with Crippen LogP contribution in [0.4, 0.5) is 11.4 Å². The second kappa shape index (κ2) is 6.66. The van der Waals surface area contributed by atoms with Gasteiger partial charge in [-0.3, -0.25) is 0 Å². The zero-order valence-corrected chi connectivity index (χ0v) is 14.0. The second-order valence-corrected chi connectivity index (χ2v) is 6.65. The van der Waals surface area contributed by atoms with E-state index in [1.807, 2.05) is 0 Å². The lowest BCUT2D eigenvalue weighted by Gasteiger charge is -2.15. The highest BCUT2D eigenvalue weighted by molar-refractivity contribution is 7.99. The maximum absolute atomic E-state index is 11.0. The normalized spacial score (nSPS) is 18.2. The third kappa shape index (κ3) is 3.04. The number of quaternary nitrogens is 2. The third-order valence-corrected chi connectivity index (χ3v) is 5.04. The van der Waals surface area contributed by atoms with Crippen molar-refractivity contribution in [3.63, 3.8) is 0 Å². The summed E-state index contributed by atoms with van der Waals surface area (Å²) in [5, 5.41) is 46.8. The molecule has 0 amide bonds. The summed E-state index contributed by atoms with van der Waals surface area (Å²) in [5.74, 6) is 0.578. The predicted octanol–water partition coefficient (Wildman–Crippen LogP) is 0.0999. The Balaban J connectivity index is 1.57. The van der Waals surface area contributed by atoms with Crippen molar-refractivity contribution in [3.8, 4) is 11.4 Å². The number of thioether (sulfide) groups is 1. The van der Waals surface area contributed by atoms with Gasteiger partial charge in [0.2, 0.25) is 5.16 Å². The average molecular weight is 374 g/mol. The lowest BCUT2D eigenvalue weighted by atomic mass is 10.2. The lowest BCUT2D eigenvalue weighted by Crippen LogP contribution is -2.99. The van der Waals surface area contributed by atoms with Gasteiger partial charge in [0.15, 0.2) is 17.2 Å². The molecule has 0 aliphatic carbocycles. The average Bonchev–Trinajstić information content (AvgIpc) is 3.22. The number of aromatic nitrogens is 3. The summed E-state index contributed by atoms with van der Waals surface area (Å²) in [5.41, 5.74) is 5.36. The molecule has 0 spiro atoms. The van der Waals surface area contributed by atoms with E-state index in [-0.39, 0.29) is 16.7 Å². The molecule has 0 saturated carbocycles. The van der Waals surface area contributed by atoms with E-state index < -0.39 is 10.5 Å². The van der Waals surface area contributed by atoms with Crippen molar-refractivity contribution in [2.45, 2.75) is 10.5 Å². The highest BCUT2D eigenvalue weighted by atomic mass is 32.2. The molecule has 3 aromatic rings. The molecule has 5 N–H and O–H groups in total. The quantitative estimate of drug-likeness (QED) is 0.405.